The first-order chi connectivity index (χ1) is 11.8. The van der Waals surface area contributed by atoms with E-state index in [4.69, 9.17) is 0 Å². The van der Waals surface area contributed by atoms with Gasteiger partial charge in [-0.3, -0.25) is 9.59 Å². The molecule has 140 valence electrons. The number of aliphatic hydroxyl groups excluding tert-OH is 1. The highest BCUT2D eigenvalue weighted by molar-refractivity contribution is 5.88. The molecule has 2 amide bonds. The van der Waals surface area contributed by atoms with Gasteiger partial charge in [-0.2, -0.15) is 0 Å². The summed E-state index contributed by atoms with van der Waals surface area (Å²) in [6, 6.07) is -1.39. The molecule has 0 bridgehead atoms. The molecule has 2 saturated heterocycles. The Kier molecular flexibility index (Phi) is 5.02. The molecule has 0 aromatic heterocycles. The highest BCUT2D eigenvalue weighted by Crippen LogP contribution is 2.53. The minimum atomic E-state index is -1.08. The Morgan fingerprint density at radius 3 is 2.64 bits per heavy atom. The van der Waals surface area contributed by atoms with Gasteiger partial charge in [0.25, 0.3) is 0 Å². The van der Waals surface area contributed by atoms with Crippen LogP contribution in [0.4, 0.5) is 0 Å². The molecule has 8 heteroatoms. The molecular formula is C17H27N3O5. The standard InChI is InChI=1S/C17H27N3O5/c1-11-15(23)20(9-7-18-11)12(16(24)25)2-3-14(22)19-8-6-17(4-5-17)13(21)10-19/h11-13,18,21H,2-10H2,1H3,(H,24,25)/t11-,12+,13+/m0/s1. The number of hydrogen-bond donors (Lipinski definition) is 3. The average molecular weight is 353 g/mol. The Morgan fingerprint density at radius 1 is 1.32 bits per heavy atom. The third-order valence-corrected chi connectivity index (χ3v) is 5.97. The van der Waals surface area contributed by atoms with E-state index in [2.05, 4.69) is 5.32 Å². The second kappa shape index (κ2) is 6.92. The highest BCUT2D eigenvalue weighted by Gasteiger charge is 2.51. The third-order valence-electron chi connectivity index (χ3n) is 5.97. The fraction of sp³-hybridized carbons (Fsp3) is 0.824. The maximum Gasteiger partial charge on any atom is 0.326 e. The number of β-amino-alcohol motifs (C(OH)–C–C–N with tert-alkyl or cyclic N) is 1. The van der Waals surface area contributed by atoms with Gasteiger partial charge in [0, 0.05) is 32.6 Å². The molecule has 1 spiro atoms. The summed E-state index contributed by atoms with van der Waals surface area (Å²) in [5, 5.41) is 22.7. The summed E-state index contributed by atoms with van der Waals surface area (Å²) in [5.41, 5.74) is 0.0315. The lowest BCUT2D eigenvalue weighted by Crippen LogP contribution is -2.59. The van der Waals surface area contributed by atoms with E-state index in [9.17, 15) is 24.6 Å². The van der Waals surface area contributed by atoms with E-state index in [0.29, 0.717) is 26.2 Å². The molecule has 8 nitrogen and oxygen atoms in total. The van der Waals surface area contributed by atoms with Crippen molar-refractivity contribution in [1.82, 2.24) is 15.1 Å². The van der Waals surface area contributed by atoms with Crippen molar-refractivity contribution in [3.63, 3.8) is 0 Å². The Bertz CT molecular complexity index is 562. The van der Waals surface area contributed by atoms with Gasteiger partial charge in [-0.25, -0.2) is 4.79 Å². The number of aliphatic hydroxyl groups is 1. The van der Waals surface area contributed by atoms with E-state index < -0.39 is 24.2 Å². The first-order valence-electron chi connectivity index (χ1n) is 9.06. The van der Waals surface area contributed by atoms with E-state index in [0.717, 1.165) is 19.3 Å². The molecule has 2 aliphatic heterocycles. The number of amides is 2. The van der Waals surface area contributed by atoms with Crippen molar-refractivity contribution in [2.45, 2.75) is 57.2 Å². The van der Waals surface area contributed by atoms with Crippen molar-refractivity contribution in [3.05, 3.63) is 0 Å². The molecular weight excluding hydrogens is 326 g/mol. The zero-order chi connectivity index (χ0) is 18.2. The van der Waals surface area contributed by atoms with Crippen molar-refractivity contribution < 1.29 is 24.6 Å². The number of piperazine rings is 1. The van der Waals surface area contributed by atoms with Crippen molar-refractivity contribution in [3.8, 4) is 0 Å². The van der Waals surface area contributed by atoms with Crippen LogP contribution < -0.4 is 5.32 Å². The summed E-state index contributed by atoms with van der Waals surface area (Å²) in [6.07, 6.45) is 2.57. The van der Waals surface area contributed by atoms with E-state index in [1.54, 1.807) is 11.8 Å². The summed E-state index contributed by atoms with van der Waals surface area (Å²) < 4.78 is 0. The van der Waals surface area contributed by atoms with Gasteiger partial charge in [0.2, 0.25) is 11.8 Å². The maximum absolute atomic E-state index is 12.4. The minimum absolute atomic E-state index is 0.0315. The zero-order valence-corrected chi connectivity index (χ0v) is 14.6. The minimum Gasteiger partial charge on any atom is -0.480 e. The maximum atomic E-state index is 12.4. The molecule has 0 aromatic rings. The van der Waals surface area contributed by atoms with Crippen LogP contribution in [-0.4, -0.2) is 82.2 Å². The third kappa shape index (κ3) is 3.64. The SMILES string of the molecule is C[C@@H]1NCCN([C@H](CCC(=O)N2CCC3(CC3)[C@H](O)C2)C(=O)O)C1=O. The van der Waals surface area contributed by atoms with E-state index in [1.165, 1.54) is 4.90 Å². The highest BCUT2D eigenvalue weighted by atomic mass is 16.4. The number of nitrogens with zero attached hydrogens (tertiary/aromatic N) is 2. The van der Waals surface area contributed by atoms with E-state index in [1.807, 2.05) is 0 Å². The smallest absolute Gasteiger partial charge is 0.326 e. The largest absolute Gasteiger partial charge is 0.480 e. The lowest BCUT2D eigenvalue weighted by Gasteiger charge is -2.37. The molecule has 3 atom stereocenters. The lowest BCUT2D eigenvalue weighted by atomic mass is 9.90. The Labute approximate surface area is 147 Å². The molecule has 0 radical (unpaired) electrons. The van der Waals surface area contributed by atoms with Crippen LogP contribution in [0.25, 0.3) is 0 Å². The number of carboxylic acids is 1. The quantitative estimate of drug-likeness (QED) is 0.610. The molecule has 0 unspecified atom stereocenters. The normalized spacial score (nSPS) is 29.6. The lowest BCUT2D eigenvalue weighted by molar-refractivity contribution is -0.153. The number of piperidine rings is 1. The van der Waals surface area contributed by atoms with Crippen LogP contribution in [0, 0.1) is 5.41 Å². The number of nitrogens with one attached hydrogen (secondary N) is 1. The first-order valence-corrected chi connectivity index (χ1v) is 9.06. The van der Waals surface area contributed by atoms with Crippen LogP contribution in [0.1, 0.15) is 39.0 Å². The molecule has 25 heavy (non-hydrogen) atoms. The average Bonchev–Trinajstić information content (AvgIpc) is 3.34. The monoisotopic (exact) mass is 353 g/mol. The Hall–Kier alpha value is -1.67. The van der Waals surface area contributed by atoms with Crippen molar-refractivity contribution in [2.75, 3.05) is 26.2 Å². The van der Waals surface area contributed by atoms with Crippen LogP contribution >= 0.6 is 0 Å². The number of rotatable bonds is 5. The van der Waals surface area contributed by atoms with Crippen molar-refractivity contribution in [1.29, 1.82) is 0 Å². The predicted octanol–water partition coefficient (Wildman–Crippen LogP) is -0.586. The van der Waals surface area contributed by atoms with Crippen LogP contribution in [0.5, 0.6) is 0 Å². The molecule has 2 heterocycles. The number of hydrogen-bond acceptors (Lipinski definition) is 5. The second-order valence-electron chi connectivity index (χ2n) is 7.57. The number of aliphatic carboxylic acids is 1. The van der Waals surface area contributed by atoms with Gasteiger partial charge in [-0.15, -0.1) is 0 Å². The van der Waals surface area contributed by atoms with Gasteiger partial charge in [-0.1, -0.05) is 0 Å². The van der Waals surface area contributed by atoms with Crippen molar-refractivity contribution in [2.24, 2.45) is 5.41 Å². The number of likely N-dealkylation sites (tertiary alicyclic amines) is 1. The molecule has 3 aliphatic rings. The van der Waals surface area contributed by atoms with Crippen LogP contribution in [-0.2, 0) is 14.4 Å². The summed E-state index contributed by atoms with van der Waals surface area (Å²) >= 11 is 0. The van der Waals surface area contributed by atoms with Gasteiger partial charge >= 0.3 is 5.97 Å². The molecule has 3 N–H and O–H groups in total. The second-order valence-corrected chi connectivity index (χ2v) is 7.57. The molecule has 1 aliphatic carbocycles. The number of carboxylic acid groups (broad SMARTS) is 1. The Morgan fingerprint density at radius 2 is 2.04 bits per heavy atom. The number of carbonyl (C=O) groups is 3. The Balaban J connectivity index is 1.55. The fourth-order valence-corrected chi connectivity index (χ4v) is 3.98. The molecule has 3 rings (SSSR count). The molecule has 0 aromatic carbocycles. The fourth-order valence-electron chi connectivity index (χ4n) is 3.98. The zero-order valence-electron chi connectivity index (χ0n) is 14.6. The summed E-state index contributed by atoms with van der Waals surface area (Å²) in [5.74, 6) is -1.46. The topological polar surface area (TPSA) is 110 Å². The van der Waals surface area contributed by atoms with Crippen molar-refractivity contribution >= 4 is 17.8 Å². The number of carbonyl (C=O) groups excluding carboxylic acids is 2. The summed E-state index contributed by atoms with van der Waals surface area (Å²) in [7, 11) is 0. The van der Waals surface area contributed by atoms with Gasteiger partial charge in [-0.05, 0) is 38.0 Å². The summed E-state index contributed by atoms with van der Waals surface area (Å²) in [4.78, 5) is 39.3. The summed E-state index contributed by atoms with van der Waals surface area (Å²) in [6.45, 7) is 3.54. The first kappa shape index (κ1) is 18.1. The van der Waals surface area contributed by atoms with Crippen LogP contribution in [0.2, 0.25) is 0 Å². The molecule has 3 fully saturated rings. The van der Waals surface area contributed by atoms with Gasteiger partial charge in [0.05, 0.1) is 12.1 Å². The van der Waals surface area contributed by atoms with E-state index >= 15 is 0 Å². The van der Waals surface area contributed by atoms with Crippen LogP contribution in [0.3, 0.4) is 0 Å². The van der Waals surface area contributed by atoms with Gasteiger partial charge in [0.1, 0.15) is 6.04 Å². The van der Waals surface area contributed by atoms with Crippen LogP contribution in [0.15, 0.2) is 0 Å². The predicted molar refractivity (Wildman–Crippen MR) is 88.7 cm³/mol. The van der Waals surface area contributed by atoms with E-state index in [-0.39, 0.29) is 30.1 Å². The molecule has 1 saturated carbocycles. The van der Waals surface area contributed by atoms with Gasteiger partial charge in [0.15, 0.2) is 0 Å². The van der Waals surface area contributed by atoms with Gasteiger partial charge < -0.3 is 25.3 Å².